The molecule has 6 heteroatoms. The standard InChI is InChI=1S/C21H30N4O2/c1-4-6-7-12-23-20-18(15(3)24-21(22)25-20)13-16-8-10-17(11-9-16)14-19(26)27-5-2/h8-11H,4-7,12-14H2,1-3H3,(H3,22,23,24,25). The SMILES string of the molecule is CCCCCNc1nc(N)nc(C)c1Cc1ccc(CC(=O)OCC)cc1. The van der Waals surface area contributed by atoms with E-state index in [1.807, 2.05) is 38.1 Å². The highest BCUT2D eigenvalue weighted by atomic mass is 16.5. The summed E-state index contributed by atoms with van der Waals surface area (Å²) in [6, 6.07) is 8.00. The monoisotopic (exact) mass is 370 g/mol. The van der Waals surface area contributed by atoms with Gasteiger partial charge in [-0.15, -0.1) is 0 Å². The smallest absolute Gasteiger partial charge is 0.310 e. The fourth-order valence-electron chi connectivity index (χ4n) is 2.92. The van der Waals surface area contributed by atoms with E-state index in [1.165, 1.54) is 12.8 Å². The molecule has 2 aromatic rings. The van der Waals surface area contributed by atoms with E-state index in [4.69, 9.17) is 10.5 Å². The number of anilines is 2. The molecule has 0 radical (unpaired) electrons. The predicted molar refractivity (Wildman–Crippen MR) is 109 cm³/mol. The van der Waals surface area contributed by atoms with Gasteiger partial charge in [0.15, 0.2) is 0 Å². The molecule has 0 amide bonds. The van der Waals surface area contributed by atoms with E-state index in [9.17, 15) is 4.79 Å². The number of rotatable bonds is 10. The van der Waals surface area contributed by atoms with Crippen molar-refractivity contribution in [3.8, 4) is 0 Å². The van der Waals surface area contributed by atoms with Crippen LogP contribution in [-0.4, -0.2) is 29.1 Å². The number of nitrogens with zero attached hydrogens (tertiary/aromatic N) is 2. The van der Waals surface area contributed by atoms with Crippen LogP contribution < -0.4 is 11.1 Å². The predicted octanol–water partition coefficient (Wildman–Crippen LogP) is 3.67. The Labute approximate surface area is 161 Å². The van der Waals surface area contributed by atoms with Crippen LogP contribution in [-0.2, 0) is 22.4 Å². The number of benzene rings is 1. The number of nitrogen functional groups attached to an aromatic ring is 1. The summed E-state index contributed by atoms with van der Waals surface area (Å²) in [6.45, 7) is 7.23. The number of esters is 1. The maximum atomic E-state index is 11.6. The summed E-state index contributed by atoms with van der Waals surface area (Å²) in [5.74, 6) is 0.900. The van der Waals surface area contributed by atoms with Gasteiger partial charge in [-0.2, -0.15) is 4.98 Å². The maximum Gasteiger partial charge on any atom is 0.310 e. The number of carbonyl (C=O) groups excluding carboxylic acids is 1. The molecule has 0 aliphatic carbocycles. The fourth-order valence-corrected chi connectivity index (χ4v) is 2.92. The Morgan fingerprint density at radius 1 is 1.11 bits per heavy atom. The normalized spacial score (nSPS) is 10.6. The largest absolute Gasteiger partial charge is 0.466 e. The van der Waals surface area contributed by atoms with Crippen LogP contribution in [0.2, 0.25) is 0 Å². The molecule has 0 spiro atoms. The van der Waals surface area contributed by atoms with Gasteiger partial charge in [-0.1, -0.05) is 44.0 Å². The molecule has 0 saturated heterocycles. The summed E-state index contributed by atoms with van der Waals surface area (Å²) < 4.78 is 4.99. The number of nitrogens with two attached hydrogens (primary N) is 1. The third-order valence-corrected chi connectivity index (χ3v) is 4.36. The Kier molecular flexibility index (Phi) is 8.04. The molecule has 0 aliphatic rings. The third-order valence-electron chi connectivity index (χ3n) is 4.36. The molecule has 3 N–H and O–H groups in total. The summed E-state index contributed by atoms with van der Waals surface area (Å²) in [5.41, 5.74) is 9.86. The van der Waals surface area contributed by atoms with Crippen molar-refractivity contribution in [2.75, 3.05) is 24.2 Å². The van der Waals surface area contributed by atoms with Gasteiger partial charge >= 0.3 is 5.97 Å². The van der Waals surface area contributed by atoms with Crippen molar-refractivity contribution in [2.24, 2.45) is 0 Å². The van der Waals surface area contributed by atoms with Crippen LogP contribution in [0.15, 0.2) is 24.3 Å². The number of nitrogens with one attached hydrogen (secondary N) is 1. The Morgan fingerprint density at radius 3 is 2.48 bits per heavy atom. The molecule has 0 fully saturated rings. The molecule has 6 nitrogen and oxygen atoms in total. The van der Waals surface area contributed by atoms with Crippen LogP contribution >= 0.6 is 0 Å². The van der Waals surface area contributed by atoms with E-state index >= 15 is 0 Å². The summed E-state index contributed by atoms with van der Waals surface area (Å²) in [6.07, 6.45) is 4.47. The van der Waals surface area contributed by atoms with E-state index in [0.29, 0.717) is 25.4 Å². The lowest BCUT2D eigenvalue weighted by atomic mass is 10.0. The van der Waals surface area contributed by atoms with Crippen molar-refractivity contribution in [3.63, 3.8) is 0 Å². The maximum absolute atomic E-state index is 11.6. The number of carbonyl (C=O) groups is 1. The van der Waals surface area contributed by atoms with Gasteiger partial charge in [0.2, 0.25) is 5.95 Å². The van der Waals surface area contributed by atoms with E-state index in [-0.39, 0.29) is 5.97 Å². The zero-order valence-electron chi connectivity index (χ0n) is 16.5. The molecule has 0 atom stereocenters. The Hall–Kier alpha value is -2.63. The topological polar surface area (TPSA) is 90.1 Å². The lowest BCUT2D eigenvalue weighted by molar-refractivity contribution is -0.142. The second kappa shape index (κ2) is 10.5. The number of hydrogen-bond acceptors (Lipinski definition) is 6. The van der Waals surface area contributed by atoms with Gasteiger partial charge in [0.25, 0.3) is 0 Å². The van der Waals surface area contributed by atoms with Gasteiger partial charge in [0.1, 0.15) is 5.82 Å². The molecule has 1 heterocycles. The van der Waals surface area contributed by atoms with Crippen LogP contribution in [0.4, 0.5) is 11.8 Å². The molecule has 0 saturated carbocycles. The minimum atomic E-state index is -0.202. The molecule has 1 aromatic carbocycles. The molecular weight excluding hydrogens is 340 g/mol. The number of unbranched alkanes of at least 4 members (excludes halogenated alkanes) is 2. The number of aromatic nitrogens is 2. The zero-order chi connectivity index (χ0) is 19.6. The van der Waals surface area contributed by atoms with Gasteiger partial charge in [0.05, 0.1) is 13.0 Å². The van der Waals surface area contributed by atoms with E-state index in [2.05, 4.69) is 22.2 Å². The number of hydrogen-bond donors (Lipinski definition) is 2. The van der Waals surface area contributed by atoms with Gasteiger partial charge in [-0.25, -0.2) is 4.98 Å². The van der Waals surface area contributed by atoms with Crippen LogP contribution in [0.1, 0.15) is 55.5 Å². The Morgan fingerprint density at radius 2 is 1.81 bits per heavy atom. The van der Waals surface area contributed by atoms with Crippen LogP contribution in [0.3, 0.4) is 0 Å². The summed E-state index contributed by atoms with van der Waals surface area (Å²) in [5, 5.41) is 3.41. The molecule has 0 aliphatic heterocycles. The fraction of sp³-hybridized carbons (Fsp3) is 0.476. The van der Waals surface area contributed by atoms with Gasteiger partial charge in [-0.05, 0) is 31.4 Å². The van der Waals surface area contributed by atoms with Gasteiger partial charge in [0, 0.05) is 24.2 Å². The lowest BCUT2D eigenvalue weighted by Gasteiger charge is -2.14. The molecule has 1 aromatic heterocycles. The average molecular weight is 370 g/mol. The van der Waals surface area contributed by atoms with Crippen molar-refractivity contribution in [1.82, 2.24) is 9.97 Å². The first kappa shape index (κ1) is 20.7. The number of ether oxygens (including phenoxy) is 1. The quantitative estimate of drug-likeness (QED) is 0.490. The van der Waals surface area contributed by atoms with Crippen LogP contribution in [0.5, 0.6) is 0 Å². The van der Waals surface area contributed by atoms with Crippen molar-refractivity contribution in [1.29, 1.82) is 0 Å². The first-order valence-electron chi connectivity index (χ1n) is 9.63. The Balaban J connectivity index is 2.10. The van der Waals surface area contributed by atoms with E-state index < -0.39 is 0 Å². The second-order valence-electron chi connectivity index (χ2n) is 6.60. The summed E-state index contributed by atoms with van der Waals surface area (Å²) >= 11 is 0. The van der Waals surface area contributed by atoms with E-state index in [0.717, 1.165) is 41.2 Å². The minimum Gasteiger partial charge on any atom is -0.466 e. The van der Waals surface area contributed by atoms with E-state index in [1.54, 1.807) is 0 Å². The number of aryl methyl sites for hydroxylation is 1. The molecule has 146 valence electrons. The second-order valence-corrected chi connectivity index (χ2v) is 6.60. The minimum absolute atomic E-state index is 0.202. The summed E-state index contributed by atoms with van der Waals surface area (Å²) in [7, 11) is 0. The van der Waals surface area contributed by atoms with Gasteiger partial charge < -0.3 is 15.8 Å². The molecule has 2 rings (SSSR count). The lowest BCUT2D eigenvalue weighted by Crippen LogP contribution is -2.11. The molecule has 0 bridgehead atoms. The third kappa shape index (κ3) is 6.55. The average Bonchev–Trinajstić information content (AvgIpc) is 2.63. The summed E-state index contributed by atoms with van der Waals surface area (Å²) in [4.78, 5) is 20.3. The highest BCUT2D eigenvalue weighted by molar-refractivity contribution is 5.72. The first-order valence-corrected chi connectivity index (χ1v) is 9.63. The van der Waals surface area contributed by atoms with Crippen molar-refractivity contribution in [3.05, 3.63) is 46.6 Å². The zero-order valence-corrected chi connectivity index (χ0v) is 16.5. The highest BCUT2D eigenvalue weighted by Gasteiger charge is 2.12. The van der Waals surface area contributed by atoms with Crippen molar-refractivity contribution in [2.45, 2.75) is 52.9 Å². The van der Waals surface area contributed by atoms with Crippen molar-refractivity contribution >= 4 is 17.7 Å². The van der Waals surface area contributed by atoms with Crippen LogP contribution in [0, 0.1) is 6.92 Å². The first-order chi connectivity index (χ1) is 13.0. The van der Waals surface area contributed by atoms with Gasteiger partial charge in [-0.3, -0.25) is 4.79 Å². The highest BCUT2D eigenvalue weighted by Crippen LogP contribution is 2.22. The molecular formula is C21H30N4O2. The van der Waals surface area contributed by atoms with Crippen LogP contribution in [0.25, 0.3) is 0 Å². The molecule has 27 heavy (non-hydrogen) atoms. The molecule has 0 unspecified atom stereocenters. The van der Waals surface area contributed by atoms with Crippen molar-refractivity contribution < 1.29 is 9.53 Å². The Bertz CT molecular complexity index is 745.